The Morgan fingerprint density at radius 3 is 2.20 bits per heavy atom. The maximum Gasteiger partial charge on any atom is 0.192 e. The highest BCUT2D eigenvalue weighted by Gasteiger charge is 2.37. The number of rotatable bonds is 3. The van der Waals surface area contributed by atoms with E-state index in [2.05, 4.69) is 59.6 Å². The van der Waals surface area contributed by atoms with Crippen molar-refractivity contribution in [2.24, 2.45) is 5.92 Å². The summed E-state index contributed by atoms with van der Waals surface area (Å²) in [6.07, 6.45) is 0.935. The summed E-state index contributed by atoms with van der Waals surface area (Å²) in [5, 5.41) is 0.297. The second-order valence-corrected chi connectivity index (χ2v) is 10.5. The van der Waals surface area contributed by atoms with E-state index in [1.807, 2.05) is 0 Å². The summed E-state index contributed by atoms with van der Waals surface area (Å²) in [6.45, 7) is 16.4. The molecule has 0 aliphatic heterocycles. The molecule has 0 rings (SSSR count). The van der Waals surface area contributed by atoms with Crippen molar-refractivity contribution in [3.63, 3.8) is 0 Å². The van der Waals surface area contributed by atoms with Gasteiger partial charge in [-0.05, 0) is 25.1 Å². The van der Waals surface area contributed by atoms with Crippen molar-refractivity contribution in [1.29, 1.82) is 0 Å². The average Bonchev–Trinajstić information content (AvgIpc) is 2.09. The van der Waals surface area contributed by atoms with Gasteiger partial charge < -0.3 is 4.43 Å². The normalized spacial score (nSPS) is 14.3. The number of hydrogen-bond acceptors (Lipinski definition) is 1. The quantitative estimate of drug-likeness (QED) is 0.521. The molecular formula is C13H26OSi. The van der Waals surface area contributed by atoms with Crippen molar-refractivity contribution in [1.82, 2.24) is 0 Å². The van der Waals surface area contributed by atoms with Crippen LogP contribution in [0.3, 0.4) is 0 Å². The van der Waals surface area contributed by atoms with E-state index in [1.165, 1.54) is 0 Å². The van der Waals surface area contributed by atoms with Crippen LogP contribution in [0, 0.1) is 17.8 Å². The first-order valence-electron chi connectivity index (χ1n) is 5.83. The third kappa shape index (κ3) is 5.39. The Balaban J connectivity index is 4.16. The largest absolute Gasteiger partial charge is 0.416 e. The van der Waals surface area contributed by atoms with Crippen LogP contribution in [0.4, 0.5) is 0 Å². The second kappa shape index (κ2) is 5.72. The molecule has 1 nitrogen and oxygen atoms in total. The molecule has 1 unspecified atom stereocenters. The number of hydrogen-bond donors (Lipinski definition) is 0. The zero-order valence-electron chi connectivity index (χ0n) is 11.4. The highest BCUT2D eigenvalue weighted by molar-refractivity contribution is 6.74. The molecule has 0 heterocycles. The van der Waals surface area contributed by atoms with Crippen molar-refractivity contribution >= 4 is 8.32 Å². The minimum Gasteiger partial charge on any atom is -0.416 e. The lowest BCUT2D eigenvalue weighted by molar-refractivity contribution is 0.263. The smallest absolute Gasteiger partial charge is 0.192 e. The Morgan fingerprint density at radius 2 is 1.80 bits per heavy atom. The predicted molar refractivity (Wildman–Crippen MR) is 70.4 cm³/mol. The van der Waals surface area contributed by atoms with Crippen molar-refractivity contribution < 1.29 is 4.43 Å². The van der Waals surface area contributed by atoms with Crippen LogP contribution in [-0.4, -0.2) is 14.9 Å². The van der Waals surface area contributed by atoms with Gasteiger partial charge in [0.05, 0.1) is 0 Å². The van der Waals surface area contributed by atoms with Crippen LogP contribution >= 0.6 is 0 Å². The van der Waals surface area contributed by atoms with E-state index in [4.69, 9.17) is 4.43 Å². The summed E-state index contributed by atoms with van der Waals surface area (Å²) in [7, 11) is -1.57. The van der Waals surface area contributed by atoms with Gasteiger partial charge in [0.2, 0.25) is 0 Å². The van der Waals surface area contributed by atoms with Gasteiger partial charge in [0.15, 0.2) is 8.32 Å². The van der Waals surface area contributed by atoms with Gasteiger partial charge in [-0.3, -0.25) is 0 Å². The first-order chi connectivity index (χ1) is 6.70. The van der Waals surface area contributed by atoms with Gasteiger partial charge in [-0.25, -0.2) is 0 Å². The van der Waals surface area contributed by atoms with Gasteiger partial charge in [0.25, 0.3) is 0 Å². The lowest BCUT2D eigenvalue weighted by atomic mass is 10.2. The molecule has 88 valence electrons. The molecule has 0 amide bonds. The molecular weight excluding hydrogens is 200 g/mol. The van der Waals surface area contributed by atoms with Crippen LogP contribution in [0.5, 0.6) is 0 Å². The Bertz CT molecular complexity index is 239. The summed E-state index contributed by atoms with van der Waals surface area (Å²) in [6, 6.07) is 0. The van der Waals surface area contributed by atoms with Crippen molar-refractivity contribution in [3.05, 3.63) is 0 Å². The van der Waals surface area contributed by atoms with E-state index >= 15 is 0 Å². The van der Waals surface area contributed by atoms with Crippen LogP contribution in [0.15, 0.2) is 0 Å². The molecule has 1 atom stereocenters. The minimum atomic E-state index is -1.57. The maximum atomic E-state index is 6.09. The van der Waals surface area contributed by atoms with Crippen LogP contribution in [-0.2, 0) is 4.43 Å². The summed E-state index contributed by atoms with van der Waals surface area (Å²) < 4.78 is 6.09. The molecule has 0 N–H and O–H groups in total. The molecule has 0 bridgehead atoms. The summed E-state index contributed by atoms with van der Waals surface area (Å²) in [5.74, 6) is 6.67. The van der Waals surface area contributed by atoms with E-state index in [9.17, 15) is 0 Å². The van der Waals surface area contributed by atoms with Crippen molar-refractivity contribution in [2.75, 3.05) is 6.61 Å². The van der Waals surface area contributed by atoms with Crippen LogP contribution in [0.25, 0.3) is 0 Å². The molecule has 2 heteroatoms. The van der Waals surface area contributed by atoms with Crippen molar-refractivity contribution in [3.8, 4) is 11.8 Å². The topological polar surface area (TPSA) is 9.23 Å². The molecule has 0 aromatic carbocycles. The monoisotopic (exact) mass is 226 g/mol. The maximum absolute atomic E-state index is 6.09. The zero-order chi connectivity index (χ0) is 12.1. The van der Waals surface area contributed by atoms with Gasteiger partial charge in [-0.15, -0.1) is 5.92 Å². The molecule has 15 heavy (non-hydrogen) atoms. The van der Waals surface area contributed by atoms with Gasteiger partial charge in [0.1, 0.15) is 0 Å². The van der Waals surface area contributed by atoms with E-state index in [0.717, 1.165) is 13.0 Å². The van der Waals surface area contributed by atoms with Gasteiger partial charge >= 0.3 is 0 Å². The van der Waals surface area contributed by atoms with Gasteiger partial charge in [0, 0.05) is 18.9 Å². The molecule has 0 aliphatic rings. The van der Waals surface area contributed by atoms with E-state index in [1.54, 1.807) is 0 Å². The van der Waals surface area contributed by atoms with Gasteiger partial charge in [-0.2, -0.15) is 0 Å². The molecule has 0 aromatic rings. The van der Waals surface area contributed by atoms with Crippen LogP contribution < -0.4 is 0 Å². The minimum absolute atomic E-state index is 0.297. The van der Waals surface area contributed by atoms with Crippen molar-refractivity contribution in [2.45, 2.75) is 59.2 Å². The Hall–Kier alpha value is -0.263. The van der Waals surface area contributed by atoms with Crippen LogP contribution in [0.2, 0.25) is 18.1 Å². The first-order valence-corrected chi connectivity index (χ1v) is 8.74. The summed E-state index contributed by atoms with van der Waals surface area (Å²) in [4.78, 5) is 0. The second-order valence-electron chi connectivity index (χ2n) is 5.65. The highest BCUT2D eigenvalue weighted by Crippen LogP contribution is 2.36. The SMILES string of the molecule is CCC#CC(C)CO[Si](C)(C)C(C)(C)C. The molecule has 0 spiro atoms. The fraction of sp³-hybridized carbons (Fsp3) is 0.846. The molecule has 0 aliphatic carbocycles. The Morgan fingerprint density at radius 1 is 1.27 bits per heavy atom. The molecule has 0 radical (unpaired) electrons. The van der Waals surface area contributed by atoms with E-state index < -0.39 is 8.32 Å². The first kappa shape index (κ1) is 14.7. The van der Waals surface area contributed by atoms with E-state index in [0.29, 0.717) is 11.0 Å². The Kier molecular flexibility index (Phi) is 5.62. The Labute approximate surface area is 96.7 Å². The fourth-order valence-electron chi connectivity index (χ4n) is 0.868. The molecule has 0 saturated heterocycles. The molecule has 0 aromatic heterocycles. The third-order valence-electron chi connectivity index (χ3n) is 3.03. The summed E-state index contributed by atoms with van der Waals surface area (Å²) in [5.41, 5.74) is 0. The molecule has 0 fully saturated rings. The standard InChI is InChI=1S/C13H26OSi/c1-8-9-10-12(2)11-14-15(6,7)13(3,4)5/h12H,8,11H2,1-7H3. The van der Waals surface area contributed by atoms with E-state index in [-0.39, 0.29) is 0 Å². The zero-order valence-corrected chi connectivity index (χ0v) is 12.4. The highest BCUT2D eigenvalue weighted by atomic mass is 28.4. The molecule has 0 saturated carbocycles. The van der Waals surface area contributed by atoms with Gasteiger partial charge in [-0.1, -0.05) is 33.6 Å². The van der Waals surface area contributed by atoms with Crippen LogP contribution in [0.1, 0.15) is 41.0 Å². The lowest BCUT2D eigenvalue weighted by Crippen LogP contribution is -2.41. The third-order valence-corrected chi connectivity index (χ3v) is 7.53. The average molecular weight is 226 g/mol. The summed E-state index contributed by atoms with van der Waals surface area (Å²) >= 11 is 0. The lowest BCUT2D eigenvalue weighted by Gasteiger charge is -2.36. The predicted octanol–water partition coefficient (Wildman–Crippen LogP) is 4.06. The fourth-order valence-corrected chi connectivity index (χ4v) is 1.97.